The minimum Gasteiger partial charge on any atom is -0.477 e. The quantitative estimate of drug-likeness (QED) is 0.857. The molecule has 0 saturated carbocycles. The number of aromatic carboxylic acids is 1. The number of aryl methyl sites for hydroxylation is 1. The molecule has 5 nitrogen and oxygen atoms in total. The van der Waals surface area contributed by atoms with Crippen molar-refractivity contribution in [2.75, 3.05) is 0 Å². The molecule has 0 saturated heterocycles. The molecule has 0 spiro atoms. The predicted molar refractivity (Wildman–Crippen MR) is 62.1 cm³/mol. The van der Waals surface area contributed by atoms with Gasteiger partial charge in [-0.1, -0.05) is 18.2 Å². The number of carboxylic acids is 1. The van der Waals surface area contributed by atoms with Crippen molar-refractivity contribution in [2.24, 2.45) is 0 Å². The van der Waals surface area contributed by atoms with Gasteiger partial charge in [-0.05, 0) is 18.1 Å². The first-order valence-corrected chi connectivity index (χ1v) is 5.34. The smallest absolute Gasteiger partial charge is 0.354 e. The Hall–Kier alpha value is -2.37. The molecule has 2 rings (SSSR count). The number of aromatic nitrogens is 2. The minimum absolute atomic E-state index is 0.116. The van der Waals surface area contributed by atoms with Gasteiger partial charge in [0.25, 0.3) is 0 Å². The molecule has 0 aliphatic rings. The Morgan fingerprint density at radius 2 is 2.11 bits per heavy atom. The second kappa shape index (κ2) is 4.87. The summed E-state index contributed by atoms with van der Waals surface area (Å²) in [5.74, 6) is -1.56. The van der Waals surface area contributed by atoms with Crippen LogP contribution < -0.4 is 5.69 Å². The van der Waals surface area contributed by atoms with Crippen LogP contribution in [0.5, 0.6) is 0 Å². The second-order valence-electron chi connectivity index (χ2n) is 3.78. The molecule has 18 heavy (non-hydrogen) atoms. The monoisotopic (exact) mass is 250 g/mol. The zero-order valence-electron chi connectivity index (χ0n) is 9.39. The highest BCUT2D eigenvalue weighted by atomic mass is 19.1. The molecule has 0 aliphatic carbocycles. The van der Waals surface area contributed by atoms with Crippen molar-refractivity contribution < 1.29 is 14.3 Å². The number of carbonyl (C=O) groups is 1. The van der Waals surface area contributed by atoms with Crippen molar-refractivity contribution >= 4 is 5.97 Å². The van der Waals surface area contributed by atoms with Crippen LogP contribution in [0, 0.1) is 5.82 Å². The first-order chi connectivity index (χ1) is 8.59. The highest BCUT2D eigenvalue weighted by Gasteiger charge is 2.13. The molecule has 0 radical (unpaired) electrons. The van der Waals surface area contributed by atoms with E-state index in [-0.39, 0.29) is 24.5 Å². The maximum atomic E-state index is 13.4. The van der Waals surface area contributed by atoms with E-state index in [0.29, 0.717) is 5.56 Å². The van der Waals surface area contributed by atoms with Crippen molar-refractivity contribution in [3.8, 4) is 0 Å². The number of H-pyrrole nitrogens is 1. The molecule has 2 N–H and O–H groups in total. The average molecular weight is 250 g/mol. The van der Waals surface area contributed by atoms with Crippen LogP contribution in [0.25, 0.3) is 0 Å². The topological polar surface area (TPSA) is 75.1 Å². The highest BCUT2D eigenvalue weighted by molar-refractivity contribution is 5.85. The van der Waals surface area contributed by atoms with Crippen molar-refractivity contribution in [2.45, 2.75) is 13.0 Å². The predicted octanol–water partition coefficient (Wildman–Crippen LogP) is 1.26. The third-order valence-corrected chi connectivity index (χ3v) is 2.65. The summed E-state index contributed by atoms with van der Waals surface area (Å²) in [6.07, 6.45) is 1.39. The van der Waals surface area contributed by atoms with Crippen LogP contribution in [-0.2, 0) is 13.0 Å². The van der Waals surface area contributed by atoms with Gasteiger partial charge < -0.3 is 10.1 Å². The number of nitrogens with zero attached hydrogens (tertiary/aromatic N) is 1. The minimum atomic E-state index is -1.19. The Balaban J connectivity index is 2.21. The average Bonchev–Trinajstić information content (AvgIpc) is 2.70. The fraction of sp³-hybridized carbons (Fsp3) is 0.167. The van der Waals surface area contributed by atoms with Crippen LogP contribution in [0.2, 0.25) is 0 Å². The van der Waals surface area contributed by atoms with Crippen LogP contribution in [0.1, 0.15) is 16.1 Å². The van der Waals surface area contributed by atoms with Gasteiger partial charge in [0.1, 0.15) is 11.5 Å². The van der Waals surface area contributed by atoms with Gasteiger partial charge in [-0.15, -0.1) is 0 Å². The third-order valence-electron chi connectivity index (χ3n) is 2.65. The number of hydrogen-bond donors (Lipinski definition) is 2. The van der Waals surface area contributed by atoms with Crippen LogP contribution in [0.3, 0.4) is 0 Å². The van der Waals surface area contributed by atoms with Gasteiger partial charge in [0.05, 0.1) is 0 Å². The van der Waals surface area contributed by atoms with E-state index in [0.717, 1.165) is 10.8 Å². The molecular formula is C12H11FN2O3. The van der Waals surface area contributed by atoms with E-state index >= 15 is 0 Å². The van der Waals surface area contributed by atoms with E-state index in [1.165, 1.54) is 6.07 Å². The van der Waals surface area contributed by atoms with Crippen molar-refractivity contribution in [3.05, 3.63) is 58.0 Å². The van der Waals surface area contributed by atoms with Gasteiger partial charge >= 0.3 is 11.7 Å². The lowest BCUT2D eigenvalue weighted by molar-refractivity contribution is 0.0684. The van der Waals surface area contributed by atoms with Crippen LogP contribution in [0.15, 0.2) is 35.3 Å². The summed E-state index contributed by atoms with van der Waals surface area (Å²) in [6.45, 7) is 0.116. The Labute approximate surface area is 102 Å². The van der Waals surface area contributed by atoms with Gasteiger partial charge in [-0.25, -0.2) is 14.0 Å². The number of imidazole rings is 1. The molecule has 0 amide bonds. The fourth-order valence-electron chi connectivity index (χ4n) is 1.73. The molecule has 0 atom stereocenters. The summed E-state index contributed by atoms with van der Waals surface area (Å²) in [5, 5.41) is 8.88. The summed E-state index contributed by atoms with van der Waals surface area (Å²) >= 11 is 0. The van der Waals surface area contributed by atoms with E-state index in [2.05, 4.69) is 4.98 Å². The van der Waals surface area contributed by atoms with Gasteiger partial charge in [-0.3, -0.25) is 4.57 Å². The molecule has 0 bridgehead atoms. The molecule has 0 fully saturated rings. The molecule has 0 aliphatic heterocycles. The Morgan fingerprint density at radius 3 is 2.78 bits per heavy atom. The summed E-state index contributed by atoms with van der Waals surface area (Å²) in [6, 6.07) is 6.20. The standard InChI is InChI=1S/C12H11FN2O3/c13-9-4-2-1-3-8(9)5-6-15-10(11(16)17)7-14-12(15)18/h1-4,7H,5-6H2,(H,14,18)(H,16,17). The summed E-state index contributed by atoms with van der Waals surface area (Å²) in [7, 11) is 0. The van der Waals surface area contributed by atoms with E-state index in [4.69, 9.17) is 5.11 Å². The second-order valence-corrected chi connectivity index (χ2v) is 3.78. The summed E-state index contributed by atoms with van der Waals surface area (Å²) in [5.41, 5.74) is -0.193. The lowest BCUT2D eigenvalue weighted by Crippen LogP contribution is -2.22. The molecule has 6 heteroatoms. The molecule has 2 aromatic rings. The lowest BCUT2D eigenvalue weighted by atomic mass is 10.1. The Morgan fingerprint density at radius 1 is 1.39 bits per heavy atom. The van der Waals surface area contributed by atoms with Crippen molar-refractivity contribution in [1.82, 2.24) is 9.55 Å². The largest absolute Gasteiger partial charge is 0.477 e. The van der Waals surface area contributed by atoms with Crippen molar-refractivity contribution in [3.63, 3.8) is 0 Å². The molecular weight excluding hydrogens is 239 g/mol. The highest BCUT2D eigenvalue weighted by Crippen LogP contribution is 2.08. The zero-order chi connectivity index (χ0) is 13.1. The normalized spacial score (nSPS) is 10.5. The molecule has 0 unspecified atom stereocenters. The maximum Gasteiger partial charge on any atom is 0.354 e. The molecule has 1 heterocycles. The SMILES string of the molecule is O=C(O)c1c[nH]c(=O)n1CCc1ccccc1F. The van der Waals surface area contributed by atoms with E-state index in [1.54, 1.807) is 18.2 Å². The zero-order valence-corrected chi connectivity index (χ0v) is 9.39. The van der Waals surface area contributed by atoms with E-state index in [1.807, 2.05) is 0 Å². The molecule has 1 aromatic heterocycles. The molecule has 1 aromatic carbocycles. The Kier molecular flexibility index (Phi) is 3.27. The summed E-state index contributed by atoms with van der Waals surface area (Å²) < 4.78 is 14.4. The van der Waals surface area contributed by atoms with Crippen LogP contribution >= 0.6 is 0 Å². The first kappa shape index (κ1) is 12.1. The van der Waals surface area contributed by atoms with E-state index < -0.39 is 11.7 Å². The number of halogens is 1. The maximum absolute atomic E-state index is 13.4. The van der Waals surface area contributed by atoms with Crippen LogP contribution in [0.4, 0.5) is 4.39 Å². The number of aromatic amines is 1. The van der Waals surface area contributed by atoms with Crippen molar-refractivity contribution in [1.29, 1.82) is 0 Å². The van der Waals surface area contributed by atoms with E-state index in [9.17, 15) is 14.0 Å². The third kappa shape index (κ3) is 2.32. The number of hydrogen-bond acceptors (Lipinski definition) is 2. The fourth-order valence-corrected chi connectivity index (χ4v) is 1.73. The number of carboxylic acid groups (broad SMARTS) is 1. The Bertz CT molecular complexity index is 630. The first-order valence-electron chi connectivity index (χ1n) is 5.34. The van der Waals surface area contributed by atoms with Gasteiger partial charge in [0, 0.05) is 12.7 Å². The van der Waals surface area contributed by atoms with Gasteiger partial charge in [-0.2, -0.15) is 0 Å². The van der Waals surface area contributed by atoms with Crippen LogP contribution in [-0.4, -0.2) is 20.6 Å². The number of rotatable bonds is 4. The van der Waals surface area contributed by atoms with Gasteiger partial charge in [0.2, 0.25) is 0 Å². The number of nitrogens with one attached hydrogen (secondary N) is 1. The molecule has 94 valence electrons. The van der Waals surface area contributed by atoms with Gasteiger partial charge in [0.15, 0.2) is 0 Å². The lowest BCUT2D eigenvalue weighted by Gasteiger charge is -2.05. The number of benzene rings is 1. The summed E-state index contributed by atoms with van der Waals surface area (Å²) in [4.78, 5) is 24.6.